The summed E-state index contributed by atoms with van der Waals surface area (Å²) in [5, 5.41) is 0. The Balaban J connectivity index is 3.54. The van der Waals surface area contributed by atoms with E-state index in [0.717, 1.165) is 6.16 Å². The molecule has 0 bridgehead atoms. The van der Waals surface area contributed by atoms with Crippen molar-refractivity contribution in [3.05, 3.63) is 35.9 Å². The first-order chi connectivity index (χ1) is 10.2. The van der Waals surface area contributed by atoms with Gasteiger partial charge in [0.05, 0.1) is 0 Å². The first-order valence-corrected chi connectivity index (χ1v) is 21.4. The molecule has 1 aromatic rings. The summed E-state index contributed by atoms with van der Waals surface area (Å²) >= 11 is 7.47. The minimum Gasteiger partial charge on any atom is -0.313 e. The van der Waals surface area contributed by atoms with E-state index in [-0.39, 0.29) is 0 Å². The number of hydrogen-bond acceptors (Lipinski definition) is 1. The van der Waals surface area contributed by atoms with E-state index >= 15 is 0 Å². The van der Waals surface area contributed by atoms with Gasteiger partial charge in [0.1, 0.15) is 23.0 Å². The summed E-state index contributed by atoms with van der Waals surface area (Å²) in [4.78, 5) is 0. The van der Waals surface area contributed by atoms with Crippen molar-refractivity contribution in [2.45, 2.75) is 65.1 Å². The molecule has 0 aromatic heterocycles. The lowest BCUT2D eigenvalue weighted by Crippen LogP contribution is -2.56. The Morgan fingerprint density at radius 3 is 1.65 bits per heavy atom. The van der Waals surface area contributed by atoms with E-state index in [1.165, 1.54) is 5.56 Å². The summed E-state index contributed by atoms with van der Waals surface area (Å²) in [6.45, 7) is 19.4. The van der Waals surface area contributed by atoms with Gasteiger partial charge in [-0.2, -0.15) is 0 Å². The lowest BCUT2D eigenvalue weighted by molar-refractivity contribution is 0.959. The highest BCUT2D eigenvalue weighted by atomic mass is 35.7. The third-order valence-electron chi connectivity index (χ3n) is 3.26. The maximum absolute atomic E-state index is 7.47. The predicted molar refractivity (Wildman–Crippen MR) is 117 cm³/mol. The van der Waals surface area contributed by atoms with Gasteiger partial charge in [-0.15, -0.1) is 0 Å². The van der Waals surface area contributed by atoms with Gasteiger partial charge in [-0.3, -0.25) is 0 Å². The lowest BCUT2D eigenvalue weighted by atomic mass is 10.2. The maximum Gasteiger partial charge on any atom is 0.173 e. The molecule has 0 aliphatic heterocycles. The smallest absolute Gasteiger partial charge is 0.173 e. The molecule has 0 fully saturated rings. The van der Waals surface area contributed by atoms with Crippen LogP contribution in [0.5, 0.6) is 0 Å². The quantitative estimate of drug-likeness (QED) is 0.359. The minimum atomic E-state index is -2.05. The molecule has 1 unspecified atom stereocenters. The molecule has 23 heavy (non-hydrogen) atoms. The molecule has 1 aromatic carbocycles. The van der Waals surface area contributed by atoms with Gasteiger partial charge in [0.2, 0.25) is 0 Å². The van der Waals surface area contributed by atoms with Crippen LogP contribution in [0.4, 0.5) is 0 Å². The van der Waals surface area contributed by atoms with E-state index < -0.39 is 31.3 Å². The molecule has 1 rings (SSSR count). The third kappa shape index (κ3) is 6.64. The van der Waals surface area contributed by atoms with Crippen LogP contribution < -0.4 is 0 Å². The molecule has 0 spiro atoms. The minimum absolute atomic E-state index is 0.897. The fraction of sp³-hybridized carbons (Fsp3) is 0.625. The van der Waals surface area contributed by atoms with Crippen LogP contribution in [0.3, 0.4) is 0 Å². The second kappa shape index (κ2) is 7.30. The zero-order valence-electron chi connectivity index (χ0n) is 16.3. The number of hydrogen-bond donors (Lipinski definition) is 0. The van der Waals surface area contributed by atoms with Gasteiger partial charge in [-0.25, -0.2) is 0 Å². The van der Waals surface area contributed by atoms with E-state index in [2.05, 4.69) is 93.3 Å². The fourth-order valence-corrected chi connectivity index (χ4v) is 31.7. The van der Waals surface area contributed by atoms with Gasteiger partial charge in [-0.1, -0.05) is 80.9 Å². The molecule has 0 aliphatic carbocycles. The molecule has 0 N–H and O–H groups in total. The van der Waals surface area contributed by atoms with Gasteiger partial charge in [0.15, 0.2) is 8.24 Å². The predicted octanol–water partition coefficient (Wildman–Crippen LogP) is 7.26. The van der Waals surface area contributed by atoms with Crippen LogP contribution >= 0.6 is 17.8 Å². The zero-order chi connectivity index (χ0) is 18.1. The average Bonchev–Trinajstić information content (AvgIpc) is 2.21. The molecule has 0 heterocycles. The van der Waals surface area contributed by atoms with Crippen LogP contribution in [0.25, 0.3) is 0 Å². The Labute approximate surface area is 151 Å². The van der Waals surface area contributed by atoms with E-state index in [1.807, 2.05) is 0 Å². The largest absolute Gasteiger partial charge is 0.313 e. The number of halogens is 1. The molecule has 0 amide bonds. The van der Waals surface area contributed by atoms with Crippen LogP contribution in [-0.2, 0) is 6.16 Å². The van der Waals surface area contributed by atoms with Crippen molar-refractivity contribution in [1.82, 2.24) is 4.00 Å². The number of benzene rings is 1. The summed E-state index contributed by atoms with van der Waals surface area (Å²) in [6.07, 6.45) is 0.897. The summed E-state index contributed by atoms with van der Waals surface area (Å²) < 4.78 is 8.14. The summed E-state index contributed by atoms with van der Waals surface area (Å²) in [7, 11) is -4.76. The van der Waals surface area contributed by atoms with Gasteiger partial charge in [0, 0.05) is 6.16 Å². The monoisotopic (exact) mass is 404 g/mol. The molecule has 2 nitrogen and oxygen atoms in total. The SMILES string of the molecule is C[Si](C)(C)N=P(Cl)(Cc1ccccc1)N([Si](C)(C)C)[Si](C)(C)C. The van der Waals surface area contributed by atoms with Crippen molar-refractivity contribution in [3.8, 4) is 0 Å². The fourth-order valence-electron chi connectivity index (χ4n) is 3.35. The topological polar surface area (TPSA) is 15.6 Å². The van der Waals surface area contributed by atoms with Crippen LogP contribution in [0.2, 0.25) is 58.9 Å². The van der Waals surface area contributed by atoms with Gasteiger partial charge in [0.25, 0.3) is 0 Å². The highest BCUT2D eigenvalue weighted by Crippen LogP contribution is 2.65. The second-order valence-corrected chi connectivity index (χ2v) is 28.8. The standard InChI is InChI=1S/C16H34ClN2PSi3/c1-21(2,3)18-20(17,15-16-13-11-10-12-14-16)19(22(4,5)6)23(7,8)9/h10-14H,15H2,1-9H3. The normalized spacial score (nSPS) is 16.3. The highest BCUT2D eigenvalue weighted by Gasteiger charge is 2.44. The van der Waals surface area contributed by atoms with E-state index in [0.29, 0.717) is 0 Å². The van der Waals surface area contributed by atoms with E-state index in [1.54, 1.807) is 0 Å². The highest BCUT2D eigenvalue weighted by molar-refractivity contribution is 7.91. The average molecular weight is 405 g/mol. The molecule has 0 aliphatic rings. The molecule has 132 valence electrons. The van der Waals surface area contributed by atoms with E-state index in [9.17, 15) is 0 Å². The first-order valence-electron chi connectivity index (χ1n) is 8.32. The van der Waals surface area contributed by atoms with Crippen molar-refractivity contribution in [2.24, 2.45) is 4.41 Å². The Morgan fingerprint density at radius 2 is 1.30 bits per heavy atom. The third-order valence-corrected chi connectivity index (χ3v) is 22.7. The van der Waals surface area contributed by atoms with Gasteiger partial charge in [-0.05, 0) is 25.2 Å². The lowest BCUT2D eigenvalue weighted by Gasteiger charge is -2.49. The number of rotatable bonds is 6. The van der Waals surface area contributed by atoms with Crippen molar-refractivity contribution in [3.63, 3.8) is 0 Å². The van der Waals surface area contributed by atoms with Crippen molar-refractivity contribution >= 4 is 42.5 Å². The molecular weight excluding hydrogens is 371 g/mol. The molecular formula is C16H34ClN2PSi3. The Hall–Kier alpha value is 0.351. The van der Waals surface area contributed by atoms with Crippen molar-refractivity contribution in [2.75, 3.05) is 0 Å². The first kappa shape index (κ1) is 21.4. The summed E-state index contributed by atoms with van der Waals surface area (Å²) in [5.74, 6) is 0. The molecule has 0 saturated heterocycles. The van der Waals surface area contributed by atoms with Gasteiger partial charge >= 0.3 is 0 Å². The number of nitrogens with zero attached hydrogens (tertiary/aromatic N) is 2. The second-order valence-electron chi connectivity index (χ2n) is 9.21. The van der Waals surface area contributed by atoms with Crippen molar-refractivity contribution in [1.29, 1.82) is 0 Å². The van der Waals surface area contributed by atoms with Gasteiger partial charge < -0.3 is 8.41 Å². The maximum atomic E-state index is 7.47. The summed E-state index contributed by atoms with van der Waals surface area (Å²) in [5.41, 5.74) is 1.32. The van der Waals surface area contributed by atoms with Crippen LogP contribution in [0.1, 0.15) is 5.56 Å². The molecule has 0 saturated carbocycles. The van der Waals surface area contributed by atoms with Crippen LogP contribution in [-0.4, -0.2) is 28.7 Å². The Kier molecular flexibility index (Phi) is 6.79. The van der Waals surface area contributed by atoms with Crippen molar-refractivity contribution < 1.29 is 0 Å². The van der Waals surface area contributed by atoms with Crippen LogP contribution in [0.15, 0.2) is 34.7 Å². The molecule has 0 radical (unpaired) electrons. The Morgan fingerprint density at radius 1 is 0.870 bits per heavy atom. The summed E-state index contributed by atoms with van der Waals surface area (Å²) in [6, 6.07) is 10.7. The molecule has 7 heteroatoms. The van der Waals surface area contributed by atoms with Crippen LogP contribution in [0, 0.1) is 0 Å². The zero-order valence-corrected chi connectivity index (χ0v) is 21.0. The Bertz CT molecular complexity index is 558. The van der Waals surface area contributed by atoms with E-state index in [4.69, 9.17) is 15.7 Å². The molecule has 1 atom stereocenters.